The van der Waals surface area contributed by atoms with Gasteiger partial charge in [0.05, 0.1) is 17.2 Å². The van der Waals surface area contributed by atoms with Crippen LogP contribution in [0.2, 0.25) is 10.0 Å². The zero-order valence-electron chi connectivity index (χ0n) is 14.6. The van der Waals surface area contributed by atoms with Crippen molar-refractivity contribution in [3.05, 3.63) is 58.1 Å². The first-order valence-electron chi connectivity index (χ1n) is 8.09. The van der Waals surface area contributed by atoms with Crippen LogP contribution in [0.1, 0.15) is 12.5 Å². The molecule has 1 amide bonds. The molecule has 0 fully saturated rings. The third kappa shape index (κ3) is 6.63. The minimum atomic E-state index is -0.581. The fraction of sp³-hybridized carbons (Fsp3) is 0.316. The van der Waals surface area contributed by atoms with Crippen LogP contribution < -0.4 is 14.8 Å². The van der Waals surface area contributed by atoms with Crippen LogP contribution >= 0.6 is 35.0 Å². The summed E-state index contributed by atoms with van der Waals surface area (Å²) in [5, 5.41) is 3.99. The average molecular weight is 414 g/mol. The summed E-state index contributed by atoms with van der Waals surface area (Å²) in [5.41, 5.74) is 1.10. The van der Waals surface area contributed by atoms with Crippen LogP contribution in [0.25, 0.3) is 0 Å². The van der Waals surface area contributed by atoms with Gasteiger partial charge in [-0.2, -0.15) is 11.8 Å². The summed E-state index contributed by atoms with van der Waals surface area (Å²) in [6.45, 7) is 2.29. The number of carbonyl (C=O) groups excluding carboxylic acids is 1. The van der Waals surface area contributed by atoms with E-state index >= 15 is 0 Å². The molecule has 0 saturated carbocycles. The molecule has 2 aromatic carbocycles. The van der Waals surface area contributed by atoms with Gasteiger partial charge in [-0.3, -0.25) is 4.79 Å². The Morgan fingerprint density at radius 1 is 1.15 bits per heavy atom. The number of carbonyl (C=O) groups is 1. The summed E-state index contributed by atoms with van der Waals surface area (Å²) in [7, 11) is 1.59. The van der Waals surface area contributed by atoms with Gasteiger partial charge in [-0.1, -0.05) is 35.3 Å². The van der Waals surface area contributed by atoms with Gasteiger partial charge in [0.2, 0.25) is 0 Å². The highest BCUT2D eigenvalue weighted by Gasteiger charge is 2.14. The normalized spacial score (nSPS) is 11.7. The Morgan fingerprint density at radius 2 is 1.92 bits per heavy atom. The van der Waals surface area contributed by atoms with E-state index in [1.807, 2.05) is 24.3 Å². The maximum absolute atomic E-state index is 12.1. The third-order valence-electron chi connectivity index (χ3n) is 3.52. The van der Waals surface area contributed by atoms with E-state index in [0.29, 0.717) is 28.1 Å². The monoisotopic (exact) mass is 413 g/mol. The molecule has 1 atom stereocenters. The molecule has 4 nitrogen and oxygen atoms in total. The minimum Gasteiger partial charge on any atom is -0.497 e. The molecule has 26 heavy (non-hydrogen) atoms. The van der Waals surface area contributed by atoms with Crippen molar-refractivity contribution < 1.29 is 14.3 Å². The Labute approximate surface area is 168 Å². The predicted octanol–water partition coefficient (Wildman–Crippen LogP) is 4.82. The molecule has 7 heteroatoms. The van der Waals surface area contributed by atoms with Gasteiger partial charge in [-0.25, -0.2) is 0 Å². The second-order valence-corrected chi connectivity index (χ2v) is 7.45. The molecular formula is C19H21Cl2NO3S. The van der Waals surface area contributed by atoms with Crippen molar-refractivity contribution in [1.29, 1.82) is 0 Å². The molecule has 0 radical (unpaired) electrons. The summed E-state index contributed by atoms with van der Waals surface area (Å²) >= 11 is 13.6. The number of amides is 1. The van der Waals surface area contributed by atoms with E-state index in [-0.39, 0.29) is 5.91 Å². The second-order valence-electron chi connectivity index (χ2n) is 5.53. The van der Waals surface area contributed by atoms with Crippen molar-refractivity contribution in [2.75, 3.05) is 19.4 Å². The fourth-order valence-electron chi connectivity index (χ4n) is 2.14. The first-order chi connectivity index (χ1) is 12.5. The lowest BCUT2D eigenvalue weighted by atomic mass is 10.2. The van der Waals surface area contributed by atoms with Crippen LogP contribution in [-0.2, 0) is 10.5 Å². The topological polar surface area (TPSA) is 47.6 Å². The highest BCUT2D eigenvalue weighted by molar-refractivity contribution is 7.98. The highest BCUT2D eigenvalue weighted by Crippen LogP contribution is 2.24. The van der Waals surface area contributed by atoms with Gasteiger partial charge in [-0.05, 0) is 36.8 Å². The quantitative estimate of drug-likeness (QED) is 0.598. The third-order valence-corrected chi connectivity index (χ3v) is 5.29. The molecule has 0 aliphatic rings. The smallest absolute Gasteiger partial charge is 0.260 e. The van der Waals surface area contributed by atoms with Gasteiger partial charge in [0, 0.05) is 24.1 Å². The average Bonchev–Trinajstić information content (AvgIpc) is 2.64. The molecule has 0 unspecified atom stereocenters. The molecule has 1 N–H and O–H groups in total. The van der Waals surface area contributed by atoms with Crippen molar-refractivity contribution in [3.63, 3.8) is 0 Å². The molecule has 0 heterocycles. The van der Waals surface area contributed by atoms with E-state index in [0.717, 1.165) is 17.1 Å². The second kappa shape index (κ2) is 10.6. The van der Waals surface area contributed by atoms with Gasteiger partial charge >= 0.3 is 0 Å². The van der Waals surface area contributed by atoms with E-state index in [1.54, 1.807) is 44.0 Å². The summed E-state index contributed by atoms with van der Waals surface area (Å²) in [5.74, 6) is 2.73. The number of halogens is 2. The number of nitrogens with one attached hydrogen (secondary N) is 1. The van der Waals surface area contributed by atoms with Crippen LogP contribution in [0.15, 0.2) is 42.5 Å². The molecule has 0 spiro atoms. The lowest BCUT2D eigenvalue weighted by Crippen LogP contribution is -2.37. The SMILES string of the molecule is COc1cccc(O[C@H](C)C(=O)NCCSCc2ccc(Cl)c(Cl)c2)c1. The molecule has 0 aliphatic heterocycles. The summed E-state index contributed by atoms with van der Waals surface area (Å²) in [4.78, 5) is 12.1. The van der Waals surface area contributed by atoms with Gasteiger partial charge in [0.1, 0.15) is 11.5 Å². The molecule has 0 bridgehead atoms. The molecule has 2 aromatic rings. The zero-order chi connectivity index (χ0) is 18.9. The number of ether oxygens (including phenoxy) is 2. The van der Waals surface area contributed by atoms with Gasteiger partial charge in [0.15, 0.2) is 6.10 Å². The van der Waals surface area contributed by atoms with E-state index in [2.05, 4.69) is 5.32 Å². The van der Waals surface area contributed by atoms with Crippen LogP contribution in [0.4, 0.5) is 0 Å². The lowest BCUT2D eigenvalue weighted by molar-refractivity contribution is -0.127. The van der Waals surface area contributed by atoms with Crippen molar-refractivity contribution in [2.45, 2.75) is 18.8 Å². The number of hydrogen-bond acceptors (Lipinski definition) is 4. The number of thioether (sulfide) groups is 1. The first-order valence-corrected chi connectivity index (χ1v) is 10.0. The minimum absolute atomic E-state index is 0.150. The predicted molar refractivity (Wildman–Crippen MR) is 109 cm³/mol. The number of benzene rings is 2. The van der Waals surface area contributed by atoms with Crippen LogP contribution in [0.5, 0.6) is 11.5 Å². The largest absolute Gasteiger partial charge is 0.497 e. The maximum atomic E-state index is 12.1. The summed E-state index contributed by atoms with van der Waals surface area (Å²) in [6.07, 6.45) is -0.581. The number of methoxy groups -OCH3 is 1. The molecular weight excluding hydrogens is 393 g/mol. The van der Waals surface area contributed by atoms with Crippen molar-refractivity contribution in [2.24, 2.45) is 0 Å². The highest BCUT2D eigenvalue weighted by atomic mass is 35.5. The van der Waals surface area contributed by atoms with Crippen LogP contribution in [-0.4, -0.2) is 31.4 Å². The van der Waals surface area contributed by atoms with Gasteiger partial charge in [0.25, 0.3) is 5.91 Å². The van der Waals surface area contributed by atoms with E-state index in [9.17, 15) is 4.79 Å². The fourth-order valence-corrected chi connectivity index (χ4v) is 3.27. The van der Waals surface area contributed by atoms with Crippen LogP contribution in [0.3, 0.4) is 0 Å². The number of rotatable bonds is 9. The Bertz CT molecular complexity index is 742. The van der Waals surface area contributed by atoms with Crippen LogP contribution in [0, 0.1) is 0 Å². The Kier molecular flexibility index (Phi) is 8.42. The van der Waals surface area contributed by atoms with Crippen molar-refractivity contribution in [1.82, 2.24) is 5.32 Å². The van der Waals surface area contributed by atoms with Crippen molar-refractivity contribution >= 4 is 40.9 Å². The van der Waals surface area contributed by atoms with E-state index in [1.165, 1.54) is 0 Å². The lowest BCUT2D eigenvalue weighted by Gasteiger charge is -2.15. The number of hydrogen-bond donors (Lipinski definition) is 1. The summed E-state index contributed by atoms with van der Waals surface area (Å²) < 4.78 is 10.8. The molecule has 140 valence electrons. The molecule has 2 rings (SSSR count). The Balaban J connectivity index is 1.68. The maximum Gasteiger partial charge on any atom is 0.260 e. The van der Waals surface area contributed by atoms with E-state index < -0.39 is 6.10 Å². The van der Waals surface area contributed by atoms with Gasteiger partial charge < -0.3 is 14.8 Å². The first kappa shape index (κ1) is 20.7. The molecule has 0 aromatic heterocycles. The summed E-state index contributed by atoms with van der Waals surface area (Å²) in [6, 6.07) is 12.8. The molecule has 0 saturated heterocycles. The zero-order valence-corrected chi connectivity index (χ0v) is 17.0. The van der Waals surface area contributed by atoms with Crippen molar-refractivity contribution in [3.8, 4) is 11.5 Å². The van der Waals surface area contributed by atoms with E-state index in [4.69, 9.17) is 32.7 Å². The standard InChI is InChI=1S/C19H21Cl2NO3S/c1-13(25-16-5-3-4-15(11-16)24-2)19(23)22-8-9-26-12-14-6-7-17(20)18(21)10-14/h3-7,10-11,13H,8-9,12H2,1-2H3,(H,22,23)/t13-/m1/s1. The Morgan fingerprint density at radius 3 is 2.65 bits per heavy atom. The Hall–Kier alpha value is -1.56. The van der Waals surface area contributed by atoms with Gasteiger partial charge in [-0.15, -0.1) is 0 Å². The molecule has 0 aliphatic carbocycles.